The fraction of sp³-hybridized carbons (Fsp3) is 0.410. The van der Waals surface area contributed by atoms with Gasteiger partial charge in [-0.15, -0.1) is 0 Å². The Kier molecular flexibility index (Phi) is 14.2. The van der Waals surface area contributed by atoms with Gasteiger partial charge >= 0.3 is 12.1 Å². The van der Waals surface area contributed by atoms with E-state index in [1.165, 1.54) is 11.8 Å². The largest absolute Gasteiger partial charge is 0.489 e. The smallest absolute Gasteiger partial charge is 0.410 e. The molecule has 0 bridgehead atoms. The van der Waals surface area contributed by atoms with E-state index in [9.17, 15) is 29.1 Å². The average Bonchev–Trinajstić information content (AvgIpc) is 3.61. The number of hydrogen-bond acceptors (Lipinski definition) is 8. The fourth-order valence-corrected chi connectivity index (χ4v) is 5.45. The molecule has 1 saturated heterocycles. The third-order valence-corrected chi connectivity index (χ3v) is 8.19. The van der Waals surface area contributed by atoms with Crippen LogP contribution in [-0.2, 0) is 48.3 Å². The molecular weight excluding hydrogens is 668 g/mol. The van der Waals surface area contributed by atoms with Gasteiger partial charge in [-0.05, 0) is 69.4 Å². The zero-order valence-electron chi connectivity index (χ0n) is 30.0. The van der Waals surface area contributed by atoms with Crippen LogP contribution in [0.1, 0.15) is 57.2 Å². The third-order valence-electron chi connectivity index (χ3n) is 8.19. The molecule has 4 atom stereocenters. The molecule has 1 heterocycles. The predicted octanol–water partition coefficient (Wildman–Crippen LogP) is 3.98. The quantitative estimate of drug-likeness (QED) is 0.171. The minimum absolute atomic E-state index is 0.0282. The summed E-state index contributed by atoms with van der Waals surface area (Å²) in [5.74, 6) is -2.67. The second-order valence-electron chi connectivity index (χ2n) is 13.6. The van der Waals surface area contributed by atoms with Gasteiger partial charge in [0.2, 0.25) is 17.7 Å². The number of amides is 4. The van der Waals surface area contributed by atoms with Crippen molar-refractivity contribution < 1.29 is 43.3 Å². The maximum Gasteiger partial charge on any atom is 0.410 e. The number of carboxylic acids is 1. The van der Waals surface area contributed by atoms with Crippen LogP contribution in [-0.4, -0.2) is 82.7 Å². The molecule has 52 heavy (non-hydrogen) atoms. The van der Waals surface area contributed by atoms with Crippen LogP contribution < -0.4 is 20.7 Å². The van der Waals surface area contributed by atoms with Gasteiger partial charge in [0.15, 0.2) is 0 Å². The lowest BCUT2D eigenvalue weighted by Crippen LogP contribution is -2.59. The van der Waals surface area contributed by atoms with Crippen LogP contribution >= 0.6 is 0 Å². The Bertz CT molecular complexity index is 1650. The van der Waals surface area contributed by atoms with Gasteiger partial charge in [0.25, 0.3) is 0 Å². The number of hydrogen-bond donors (Lipinski definition) is 4. The first kappa shape index (κ1) is 39.4. The van der Waals surface area contributed by atoms with Gasteiger partial charge in [0, 0.05) is 13.0 Å². The van der Waals surface area contributed by atoms with Crippen LogP contribution in [0.4, 0.5) is 4.79 Å². The van der Waals surface area contributed by atoms with Crippen LogP contribution in [0.5, 0.6) is 5.75 Å². The molecule has 13 nitrogen and oxygen atoms in total. The molecule has 4 rings (SSSR count). The Hall–Kier alpha value is -5.43. The number of carbonyl (C=O) groups is 5. The number of benzene rings is 3. The normalized spacial score (nSPS) is 15.8. The number of carboxylic acid groups (broad SMARTS) is 1. The van der Waals surface area contributed by atoms with E-state index < -0.39 is 59.6 Å². The first-order chi connectivity index (χ1) is 24.8. The summed E-state index contributed by atoms with van der Waals surface area (Å²) in [5.41, 5.74) is 1.75. The van der Waals surface area contributed by atoms with Crippen LogP contribution in [0.15, 0.2) is 84.9 Å². The highest BCUT2D eigenvalue weighted by Gasteiger charge is 2.38. The van der Waals surface area contributed by atoms with Crippen molar-refractivity contribution in [1.29, 1.82) is 0 Å². The van der Waals surface area contributed by atoms with Crippen molar-refractivity contribution in [2.45, 2.75) is 89.9 Å². The monoisotopic (exact) mass is 716 g/mol. The minimum Gasteiger partial charge on any atom is -0.489 e. The van der Waals surface area contributed by atoms with Crippen molar-refractivity contribution in [3.63, 3.8) is 0 Å². The summed E-state index contributed by atoms with van der Waals surface area (Å²) in [6.45, 7) is 7.06. The standard InChI is InChI=1S/C39H48N4O9/c1-26(37(47)48)40-35(45)32(25-50-23-28-12-7-5-8-13-28)42-34(44)31(41-36(46)33-16-11-21-43(33)38(49)52-39(2,3)4)22-27-17-19-30(20-18-27)51-24-29-14-9-6-10-15-29/h5-10,12-15,17-20,26,31-33H,11,16,21-25H2,1-4H3,(H,40,45)(H,41,46)(H,42,44)(H,47,48)/t26-,31+,32+,33-/m1/s1. The van der Waals surface area contributed by atoms with E-state index in [0.29, 0.717) is 37.3 Å². The van der Waals surface area contributed by atoms with E-state index in [2.05, 4.69) is 16.0 Å². The van der Waals surface area contributed by atoms with Gasteiger partial charge in [-0.3, -0.25) is 24.1 Å². The molecule has 0 saturated carbocycles. The number of ether oxygens (including phenoxy) is 3. The molecule has 1 fully saturated rings. The van der Waals surface area contributed by atoms with E-state index in [-0.39, 0.29) is 19.6 Å². The molecule has 0 radical (unpaired) electrons. The van der Waals surface area contributed by atoms with E-state index in [1.54, 1.807) is 45.0 Å². The molecule has 0 aliphatic carbocycles. The van der Waals surface area contributed by atoms with E-state index >= 15 is 0 Å². The molecule has 278 valence electrons. The van der Waals surface area contributed by atoms with Crippen LogP contribution in [0.3, 0.4) is 0 Å². The van der Waals surface area contributed by atoms with Gasteiger partial charge in [-0.25, -0.2) is 4.79 Å². The molecule has 1 aliphatic heterocycles. The van der Waals surface area contributed by atoms with Crippen LogP contribution in [0.25, 0.3) is 0 Å². The number of nitrogens with one attached hydrogen (secondary N) is 3. The van der Waals surface area contributed by atoms with Gasteiger partial charge in [0.05, 0.1) is 13.2 Å². The highest BCUT2D eigenvalue weighted by molar-refractivity contribution is 5.95. The van der Waals surface area contributed by atoms with Crippen molar-refractivity contribution in [1.82, 2.24) is 20.9 Å². The number of nitrogens with zero attached hydrogens (tertiary/aromatic N) is 1. The molecular formula is C39H48N4O9. The van der Waals surface area contributed by atoms with Gasteiger partial charge in [-0.1, -0.05) is 72.8 Å². The SMILES string of the molecule is C[C@@H](NC(=O)[C@H](COCc1ccccc1)NC(=O)[C@H](Cc1ccc(OCc2ccccc2)cc1)NC(=O)[C@H]1CCCN1C(=O)OC(C)(C)C)C(=O)O. The topological polar surface area (TPSA) is 173 Å². The minimum atomic E-state index is -1.30. The Balaban J connectivity index is 1.52. The summed E-state index contributed by atoms with van der Waals surface area (Å²) in [6.07, 6.45) is 0.345. The highest BCUT2D eigenvalue weighted by atomic mass is 16.6. The number of rotatable bonds is 16. The summed E-state index contributed by atoms with van der Waals surface area (Å²) in [5, 5.41) is 17.2. The number of aliphatic carboxylic acids is 1. The lowest BCUT2D eigenvalue weighted by atomic mass is 10.0. The van der Waals surface area contributed by atoms with Gasteiger partial charge < -0.3 is 35.3 Å². The van der Waals surface area contributed by atoms with E-state index in [4.69, 9.17) is 14.2 Å². The summed E-state index contributed by atoms with van der Waals surface area (Å²) in [6, 6.07) is 21.4. The van der Waals surface area contributed by atoms with Crippen molar-refractivity contribution >= 4 is 29.8 Å². The first-order valence-electron chi connectivity index (χ1n) is 17.3. The second kappa shape index (κ2) is 18.7. The molecule has 3 aromatic carbocycles. The van der Waals surface area contributed by atoms with E-state index in [1.807, 2.05) is 60.7 Å². The van der Waals surface area contributed by atoms with Crippen molar-refractivity contribution in [3.8, 4) is 5.75 Å². The molecule has 0 spiro atoms. The second-order valence-corrected chi connectivity index (χ2v) is 13.6. The molecule has 4 N–H and O–H groups in total. The first-order valence-corrected chi connectivity index (χ1v) is 17.3. The van der Waals surface area contributed by atoms with Crippen molar-refractivity contribution in [2.75, 3.05) is 13.2 Å². The van der Waals surface area contributed by atoms with Crippen LogP contribution in [0, 0.1) is 0 Å². The van der Waals surface area contributed by atoms with Crippen LogP contribution in [0.2, 0.25) is 0 Å². The lowest BCUT2D eigenvalue weighted by Gasteiger charge is -2.29. The average molecular weight is 717 g/mol. The maximum atomic E-state index is 14.0. The van der Waals surface area contributed by atoms with Crippen molar-refractivity contribution in [2.24, 2.45) is 0 Å². The Morgan fingerprint density at radius 3 is 1.98 bits per heavy atom. The Morgan fingerprint density at radius 1 is 0.788 bits per heavy atom. The summed E-state index contributed by atoms with van der Waals surface area (Å²) in [7, 11) is 0. The summed E-state index contributed by atoms with van der Waals surface area (Å²) < 4.78 is 17.2. The molecule has 1 aliphatic rings. The number of carbonyl (C=O) groups excluding carboxylic acids is 4. The Labute approximate surface area is 304 Å². The zero-order valence-corrected chi connectivity index (χ0v) is 30.0. The summed E-state index contributed by atoms with van der Waals surface area (Å²) >= 11 is 0. The molecule has 13 heteroatoms. The maximum absolute atomic E-state index is 14.0. The predicted molar refractivity (Wildman–Crippen MR) is 192 cm³/mol. The third kappa shape index (κ3) is 12.4. The lowest BCUT2D eigenvalue weighted by molar-refractivity contribution is -0.142. The molecule has 3 aromatic rings. The van der Waals surface area contributed by atoms with Gasteiger partial charge in [-0.2, -0.15) is 0 Å². The van der Waals surface area contributed by atoms with Gasteiger partial charge in [0.1, 0.15) is 42.1 Å². The Morgan fingerprint density at radius 2 is 1.38 bits per heavy atom. The molecule has 0 unspecified atom stereocenters. The van der Waals surface area contributed by atoms with Crippen molar-refractivity contribution in [3.05, 3.63) is 102 Å². The zero-order chi connectivity index (χ0) is 37.7. The fourth-order valence-electron chi connectivity index (χ4n) is 5.45. The number of likely N-dealkylation sites (tertiary alicyclic amines) is 1. The summed E-state index contributed by atoms with van der Waals surface area (Å²) in [4.78, 5) is 66.8. The molecule has 0 aromatic heterocycles. The van der Waals surface area contributed by atoms with E-state index in [0.717, 1.165) is 11.1 Å². The molecule has 4 amide bonds. The highest BCUT2D eigenvalue weighted by Crippen LogP contribution is 2.22.